The summed E-state index contributed by atoms with van der Waals surface area (Å²) in [4.78, 5) is 2.33. The van der Waals surface area contributed by atoms with Gasteiger partial charge in [-0.15, -0.1) is 0 Å². The molecular weight excluding hydrogens is 228 g/mol. The first-order chi connectivity index (χ1) is 8.67. The van der Waals surface area contributed by atoms with Crippen LogP contribution in [-0.2, 0) is 11.3 Å². The number of nitrogens with zero attached hydrogens (tertiary/aromatic N) is 3. The van der Waals surface area contributed by atoms with Crippen LogP contribution < -0.4 is 10.6 Å². The van der Waals surface area contributed by atoms with Crippen LogP contribution in [0.15, 0.2) is 0 Å². The number of aryl methyl sites for hydroxylation is 2. The molecule has 1 aliphatic rings. The molecule has 1 unspecified atom stereocenters. The molecule has 1 saturated heterocycles. The average Bonchev–Trinajstić information content (AvgIpc) is 2.58. The van der Waals surface area contributed by atoms with Gasteiger partial charge in [-0.1, -0.05) is 6.92 Å². The monoisotopic (exact) mass is 252 g/mol. The van der Waals surface area contributed by atoms with Crippen molar-refractivity contribution in [1.82, 2.24) is 9.78 Å². The molecule has 0 saturated carbocycles. The van der Waals surface area contributed by atoms with Gasteiger partial charge >= 0.3 is 0 Å². The summed E-state index contributed by atoms with van der Waals surface area (Å²) < 4.78 is 7.81. The number of ether oxygens (including phenoxy) is 1. The molecule has 5 nitrogen and oxygen atoms in total. The van der Waals surface area contributed by atoms with Gasteiger partial charge in [0.25, 0.3) is 0 Å². The Morgan fingerprint density at radius 2 is 2.22 bits per heavy atom. The predicted octanol–water partition coefficient (Wildman–Crippen LogP) is 1.80. The van der Waals surface area contributed by atoms with E-state index in [-0.39, 0.29) is 0 Å². The third-order valence-corrected chi connectivity index (χ3v) is 3.55. The van der Waals surface area contributed by atoms with Crippen molar-refractivity contribution in [2.45, 2.75) is 46.3 Å². The molecule has 1 aromatic heterocycles. The largest absolute Gasteiger partial charge is 0.394 e. The van der Waals surface area contributed by atoms with Gasteiger partial charge in [0, 0.05) is 26.2 Å². The Balaban J connectivity index is 2.28. The van der Waals surface area contributed by atoms with Gasteiger partial charge in [-0.3, -0.25) is 0 Å². The third-order valence-electron chi connectivity index (χ3n) is 3.55. The summed E-state index contributed by atoms with van der Waals surface area (Å²) in [6.45, 7) is 9.82. The van der Waals surface area contributed by atoms with Crippen molar-refractivity contribution in [2.24, 2.45) is 0 Å². The van der Waals surface area contributed by atoms with Crippen LogP contribution in [-0.4, -0.2) is 35.6 Å². The van der Waals surface area contributed by atoms with E-state index in [1.54, 1.807) is 0 Å². The average molecular weight is 252 g/mol. The first kappa shape index (κ1) is 13.2. The van der Waals surface area contributed by atoms with Gasteiger partial charge in [0.1, 0.15) is 0 Å². The fourth-order valence-electron chi connectivity index (χ4n) is 2.47. The van der Waals surface area contributed by atoms with Gasteiger partial charge in [-0.2, -0.15) is 5.10 Å². The minimum Gasteiger partial charge on any atom is -0.394 e. The Morgan fingerprint density at radius 3 is 2.89 bits per heavy atom. The molecular formula is C13H24N4O. The highest BCUT2D eigenvalue weighted by Crippen LogP contribution is 2.28. The van der Waals surface area contributed by atoms with E-state index >= 15 is 0 Å². The summed E-state index contributed by atoms with van der Waals surface area (Å²) >= 11 is 0. The quantitative estimate of drug-likeness (QED) is 0.891. The van der Waals surface area contributed by atoms with Crippen molar-refractivity contribution in [3.05, 3.63) is 5.69 Å². The molecule has 0 amide bonds. The van der Waals surface area contributed by atoms with E-state index in [9.17, 15) is 0 Å². The molecule has 2 rings (SSSR count). The second-order valence-corrected chi connectivity index (χ2v) is 4.84. The predicted molar refractivity (Wildman–Crippen MR) is 73.9 cm³/mol. The van der Waals surface area contributed by atoms with Crippen LogP contribution in [0, 0.1) is 6.92 Å². The molecule has 1 aliphatic heterocycles. The number of rotatable bonds is 3. The summed E-state index contributed by atoms with van der Waals surface area (Å²) in [7, 11) is 0. The lowest BCUT2D eigenvalue weighted by Crippen LogP contribution is -2.33. The Kier molecular flexibility index (Phi) is 4.11. The van der Waals surface area contributed by atoms with E-state index in [1.807, 2.05) is 11.6 Å². The smallest absolute Gasteiger partial charge is 0.150 e. The van der Waals surface area contributed by atoms with Crippen molar-refractivity contribution in [3.8, 4) is 0 Å². The summed E-state index contributed by atoms with van der Waals surface area (Å²) in [5.41, 5.74) is 7.92. The van der Waals surface area contributed by atoms with Crippen molar-refractivity contribution in [2.75, 3.05) is 30.3 Å². The molecule has 0 bridgehead atoms. The minimum absolute atomic E-state index is 0.299. The van der Waals surface area contributed by atoms with Crippen LogP contribution in [0.3, 0.4) is 0 Å². The highest BCUT2D eigenvalue weighted by atomic mass is 16.5. The first-order valence-corrected chi connectivity index (χ1v) is 6.86. The number of hydrogen-bond donors (Lipinski definition) is 1. The number of anilines is 2. The Bertz CT molecular complexity index is 402. The first-order valence-electron chi connectivity index (χ1n) is 6.86. The fraction of sp³-hybridized carbons (Fsp3) is 0.769. The molecule has 102 valence electrons. The zero-order chi connectivity index (χ0) is 13.1. The van der Waals surface area contributed by atoms with Crippen LogP contribution >= 0.6 is 0 Å². The topological polar surface area (TPSA) is 56.3 Å². The lowest BCUT2D eigenvalue weighted by molar-refractivity contribution is 0.0664. The normalized spacial score (nSPS) is 21.1. The molecule has 2 N–H and O–H groups in total. The second kappa shape index (κ2) is 5.61. The number of nitrogens with two attached hydrogens (primary N) is 1. The molecule has 0 radical (unpaired) electrons. The summed E-state index contributed by atoms with van der Waals surface area (Å²) in [6, 6.07) is 0. The molecule has 0 aromatic carbocycles. The summed E-state index contributed by atoms with van der Waals surface area (Å²) in [6.07, 6.45) is 2.38. The molecule has 18 heavy (non-hydrogen) atoms. The Hall–Kier alpha value is -1.23. The maximum atomic E-state index is 6.18. The second-order valence-electron chi connectivity index (χ2n) is 4.84. The molecule has 1 fully saturated rings. The maximum absolute atomic E-state index is 6.18. The van der Waals surface area contributed by atoms with Gasteiger partial charge in [0.2, 0.25) is 0 Å². The van der Waals surface area contributed by atoms with E-state index in [4.69, 9.17) is 10.5 Å². The van der Waals surface area contributed by atoms with Gasteiger partial charge in [0.15, 0.2) is 5.82 Å². The molecule has 0 aliphatic carbocycles. The van der Waals surface area contributed by atoms with Gasteiger partial charge in [-0.05, 0) is 26.7 Å². The van der Waals surface area contributed by atoms with E-state index in [0.29, 0.717) is 6.10 Å². The number of hydrogen-bond acceptors (Lipinski definition) is 4. The van der Waals surface area contributed by atoms with E-state index in [1.165, 1.54) is 0 Å². The molecule has 1 atom stereocenters. The van der Waals surface area contributed by atoms with Gasteiger partial charge < -0.3 is 15.4 Å². The van der Waals surface area contributed by atoms with Crippen molar-refractivity contribution >= 4 is 11.5 Å². The number of aromatic nitrogens is 2. The summed E-state index contributed by atoms with van der Waals surface area (Å²) in [5, 5.41) is 4.49. The highest BCUT2D eigenvalue weighted by Gasteiger charge is 2.23. The van der Waals surface area contributed by atoms with Gasteiger partial charge in [0.05, 0.1) is 17.5 Å². The maximum Gasteiger partial charge on any atom is 0.150 e. The fourth-order valence-corrected chi connectivity index (χ4v) is 2.47. The van der Waals surface area contributed by atoms with Crippen LogP contribution in [0.2, 0.25) is 0 Å². The van der Waals surface area contributed by atoms with Crippen LogP contribution in [0.5, 0.6) is 0 Å². The van der Waals surface area contributed by atoms with E-state index < -0.39 is 0 Å². The number of nitrogen functional groups attached to an aromatic ring is 1. The van der Waals surface area contributed by atoms with E-state index in [0.717, 1.165) is 56.3 Å². The summed E-state index contributed by atoms with van der Waals surface area (Å²) in [5.74, 6) is 1.07. The molecule has 1 aromatic rings. The van der Waals surface area contributed by atoms with Crippen molar-refractivity contribution in [3.63, 3.8) is 0 Å². The molecule has 0 spiro atoms. The van der Waals surface area contributed by atoms with Crippen molar-refractivity contribution in [1.29, 1.82) is 0 Å². The van der Waals surface area contributed by atoms with Gasteiger partial charge in [-0.25, -0.2) is 4.68 Å². The Morgan fingerprint density at radius 1 is 1.44 bits per heavy atom. The SMILES string of the molecule is CCC1CN(c2c(N)c(C)nn2CC)CCCO1. The zero-order valence-electron chi connectivity index (χ0n) is 11.6. The molecule has 5 heteroatoms. The van der Waals surface area contributed by atoms with Crippen LogP contribution in [0.4, 0.5) is 11.5 Å². The van der Waals surface area contributed by atoms with E-state index in [2.05, 4.69) is 23.8 Å². The van der Waals surface area contributed by atoms with Crippen LogP contribution in [0.1, 0.15) is 32.4 Å². The lowest BCUT2D eigenvalue weighted by atomic mass is 10.2. The highest BCUT2D eigenvalue weighted by molar-refractivity contribution is 5.66. The molecule has 2 heterocycles. The lowest BCUT2D eigenvalue weighted by Gasteiger charge is -2.26. The zero-order valence-corrected chi connectivity index (χ0v) is 11.6. The Labute approximate surface area is 109 Å². The van der Waals surface area contributed by atoms with Crippen LogP contribution in [0.25, 0.3) is 0 Å². The minimum atomic E-state index is 0.299. The van der Waals surface area contributed by atoms with Crippen molar-refractivity contribution < 1.29 is 4.74 Å². The third kappa shape index (κ3) is 2.46. The standard InChI is InChI=1S/C13H24N4O/c1-4-11-9-16(7-6-8-18-11)13-12(14)10(3)15-17(13)5-2/h11H,4-9,14H2,1-3H3.